The van der Waals surface area contributed by atoms with Gasteiger partial charge in [-0.25, -0.2) is 4.98 Å². The number of nitrogens with two attached hydrogens (primary N) is 1. The second-order valence-electron chi connectivity index (χ2n) is 9.21. The lowest BCUT2D eigenvalue weighted by Gasteiger charge is -2.39. The van der Waals surface area contributed by atoms with E-state index in [0.717, 1.165) is 63.3 Å². The molecule has 0 radical (unpaired) electrons. The van der Waals surface area contributed by atoms with Gasteiger partial charge in [0.2, 0.25) is 5.91 Å². The van der Waals surface area contributed by atoms with Crippen LogP contribution < -0.4 is 5.73 Å². The minimum atomic E-state index is 0.106. The van der Waals surface area contributed by atoms with Crippen molar-refractivity contribution >= 4 is 17.4 Å². The third kappa shape index (κ3) is 5.73. The van der Waals surface area contributed by atoms with Crippen LogP contribution in [0.25, 0.3) is 0 Å². The number of pyridine rings is 2. The molecule has 2 saturated heterocycles. The molecule has 0 saturated carbocycles. The number of amides is 1. The summed E-state index contributed by atoms with van der Waals surface area (Å²) in [5.41, 5.74) is 8.79. The fraction of sp³-hybridized carbons (Fsp3) is 0.538. The lowest BCUT2D eigenvalue weighted by Crippen LogP contribution is -2.46. The number of anilines is 1. The standard InChI is InChI=1S/C26H36N6O2/c1-3-34-30-25(23-6-4-5-12-28-23)20-8-16-32(17-9-20)26(33)21-10-14-31(15-11-21)19(2)22-7-13-29-24(27)18-22/h4-7,12-13,18-21H,3,8-11,14-17H2,1-2H3,(H2,27,29). The molecule has 1 amide bonds. The van der Waals surface area contributed by atoms with E-state index in [1.165, 1.54) is 5.56 Å². The molecule has 34 heavy (non-hydrogen) atoms. The van der Waals surface area contributed by atoms with E-state index in [9.17, 15) is 4.79 Å². The summed E-state index contributed by atoms with van der Waals surface area (Å²) in [4.78, 5) is 31.7. The molecule has 1 atom stereocenters. The third-order valence-electron chi connectivity index (χ3n) is 7.13. The second-order valence-corrected chi connectivity index (χ2v) is 9.21. The van der Waals surface area contributed by atoms with E-state index >= 15 is 0 Å². The van der Waals surface area contributed by atoms with Crippen molar-refractivity contribution in [3.63, 3.8) is 0 Å². The number of oxime groups is 1. The molecule has 0 aromatic carbocycles. The first-order valence-corrected chi connectivity index (χ1v) is 12.4. The van der Waals surface area contributed by atoms with Gasteiger partial charge in [-0.15, -0.1) is 0 Å². The van der Waals surface area contributed by atoms with Crippen molar-refractivity contribution in [2.75, 3.05) is 38.5 Å². The van der Waals surface area contributed by atoms with E-state index in [2.05, 4.69) is 31.8 Å². The Morgan fingerprint density at radius 3 is 2.47 bits per heavy atom. The average Bonchev–Trinajstić information content (AvgIpc) is 2.89. The van der Waals surface area contributed by atoms with Gasteiger partial charge in [-0.05, 0) is 82.4 Å². The van der Waals surface area contributed by atoms with Gasteiger partial charge in [-0.2, -0.15) is 0 Å². The number of nitrogens with zero attached hydrogens (tertiary/aromatic N) is 5. The van der Waals surface area contributed by atoms with Crippen molar-refractivity contribution in [3.8, 4) is 0 Å². The Labute approximate surface area is 202 Å². The van der Waals surface area contributed by atoms with E-state index in [-0.39, 0.29) is 17.9 Å². The van der Waals surface area contributed by atoms with Gasteiger partial charge >= 0.3 is 0 Å². The van der Waals surface area contributed by atoms with Crippen LogP contribution in [0.2, 0.25) is 0 Å². The predicted molar refractivity (Wildman–Crippen MR) is 133 cm³/mol. The van der Waals surface area contributed by atoms with Crippen LogP contribution in [-0.4, -0.2) is 64.2 Å². The number of carbonyl (C=O) groups is 1. The Hall–Kier alpha value is -3.00. The fourth-order valence-corrected chi connectivity index (χ4v) is 5.08. The maximum Gasteiger partial charge on any atom is 0.225 e. The molecule has 2 aliphatic rings. The minimum Gasteiger partial charge on any atom is -0.396 e. The van der Waals surface area contributed by atoms with E-state index in [1.54, 1.807) is 12.4 Å². The van der Waals surface area contributed by atoms with Crippen LogP contribution in [0, 0.1) is 11.8 Å². The van der Waals surface area contributed by atoms with Gasteiger partial charge in [0.1, 0.15) is 18.1 Å². The average molecular weight is 465 g/mol. The monoisotopic (exact) mass is 464 g/mol. The molecule has 8 heteroatoms. The molecule has 2 aromatic rings. The first-order valence-electron chi connectivity index (χ1n) is 12.4. The van der Waals surface area contributed by atoms with E-state index in [0.29, 0.717) is 18.3 Å². The van der Waals surface area contributed by atoms with E-state index in [1.807, 2.05) is 37.3 Å². The van der Waals surface area contributed by atoms with Crippen molar-refractivity contribution < 1.29 is 9.63 Å². The SMILES string of the molecule is CCON=C(c1ccccn1)C1CCN(C(=O)C2CCN(C(C)c3ccnc(N)c3)CC2)CC1. The van der Waals surface area contributed by atoms with Gasteiger partial charge in [0.05, 0.1) is 5.69 Å². The summed E-state index contributed by atoms with van der Waals surface area (Å²) in [5, 5.41) is 4.38. The molecule has 8 nitrogen and oxygen atoms in total. The molecular formula is C26H36N6O2. The first-order chi connectivity index (χ1) is 16.6. The van der Waals surface area contributed by atoms with Crippen LogP contribution >= 0.6 is 0 Å². The van der Waals surface area contributed by atoms with Gasteiger partial charge in [0.15, 0.2) is 0 Å². The lowest BCUT2D eigenvalue weighted by molar-refractivity contribution is -0.138. The number of hydrogen-bond donors (Lipinski definition) is 1. The fourth-order valence-electron chi connectivity index (χ4n) is 5.08. The lowest BCUT2D eigenvalue weighted by atomic mass is 9.88. The van der Waals surface area contributed by atoms with Crippen molar-refractivity contribution in [1.82, 2.24) is 19.8 Å². The molecule has 0 spiro atoms. The Balaban J connectivity index is 1.30. The summed E-state index contributed by atoms with van der Waals surface area (Å²) in [5.74, 6) is 1.21. The van der Waals surface area contributed by atoms with Crippen molar-refractivity contribution in [1.29, 1.82) is 0 Å². The summed E-state index contributed by atoms with van der Waals surface area (Å²) in [6, 6.07) is 10.1. The van der Waals surface area contributed by atoms with Crippen LogP contribution in [0.5, 0.6) is 0 Å². The van der Waals surface area contributed by atoms with Gasteiger partial charge in [0.25, 0.3) is 0 Å². The van der Waals surface area contributed by atoms with Gasteiger partial charge < -0.3 is 15.5 Å². The number of carbonyl (C=O) groups excluding carboxylic acids is 1. The Morgan fingerprint density at radius 2 is 1.82 bits per heavy atom. The molecule has 4 heterocycles. The normalized spacial score (nSPS) is 19.7. The van der Waals surface area contributed by atoms with Gasteiger partial charge in [-0.1, -0.05) is 11.2 Å². The number of hydrogen-bond acceptors (Lipinski definition) is 7. The first kappa shape index (κ1) is 24.1. The molecule has 182 valence electrons. The van der Waals surface area contributed by atoms with Crippen molar-refractivity contribution in [2.24, 2.45) is 17.0 Å². The highest BCUT2D eigenvalue weighted by molar-refractivity contribution is 6.00. The highest BCUT2D eigenvalue weighted by atomic mass is 16.6. The second kappa shape index (κ2) is 11.4. The largest absolute Gasteiger partial charge is 0.396 e. The molecule has 0 bridgehead atoms. The molecule has 2 aliphatic heterocycles. The van der Waals surface area contributed by atoms with Crippen LogP contribution in [0.4, 0.5) is 5.82 Å². The number of aromatic nitrogens is 2. The summed E-state index contributed by atoms with van der Waals surface area (Å²) in [6.45, 7) is 8.01. The smallest absolute Gasteiger partial charge is 0.225 e. The minimum absolute atomic E-state index is 0.106. The number of piperidine rings is 2. The third-order valence-corrected chi connectivity index (χ3v) is 7.13. The summed E-state index contributed by atoms with van der Waals surface area (Å²) >= 11 is 0. The number of rotatable bonds is 7. The Kier molecular flexibility index (Phi) is 8.11. The summed E-state index contributed by atoms with van der Waals surface area (Å²) < 4.78 is 0. The van der Waals surface area contributed by atoms with Gasteiger partial charge in [-0.3, -0.25) is 14.7 Å². The van der Waals surface area contributed by atoms with Crippen LogP contribution in [0.1, 0.15) is 56.8 Å². The number of nitrogen functional groups attached to an aromatic ring is 1. The van der Waals surface area contributed by atoms with Gasteiger partial charge in [0, 0.05) is 43.4 Å². The summed E-state index contributed by atoms with van der Waals surface area (Å²) in [7, 11) is 0. The van der Waals surface area contributed by atoms with E-state index in [4.69, 9.17) is 10.6 Å². The Morgan fingerprint density at radius 1 is 1.09 bits per heavy atom. The maximum atomic E-state index is 13.3. The molecule has 0 aliphatic carbocycles. The maximum absolute atomic E-state index is 13.3. The molecule has 1 unspecified atom stereocenters. The quantitative estimate of drug-likeness (QED) is 0.498. The molecule has 2 aromatic heterocycles. The van der Waals surface area contributed by atoms with Crippen LogP contribution in [0.15, 0.2) is 47.9 Å². The molecule has 2 fully saturated rings. The zero-order chi connectivity index (χ0) is 23.9. The molecule has 4 rings (SSSR count). The van der Waals surface area contributed by atoms with E-state index < -0.39 is 0 Å². The summed E-state index contributed by atoms with van der Waals surface area (Å²) in [6.07, 6.45) is 7.11. The highest BCUT2D eigenvalue weighted by Crippen LogP contribution is 2.30. The van der Waals surface area contributed by atoms with Crippen LogP contribution in [-0.2, 0) is 9.63 Å². The highest BCUT2D eigenvalue weighted by Gasteiger charge is 2.33. The number of likely N-dealkylation sites (tertiary alicyclic amines) is 2. The van der Waals surface area contributed by atoms with Crippen LogP contribution in [0.3, 0.4) is 0 Å². The molecular weight excluding hydrogens is 428 g/mol. The molecule has 2 N–H and O–H groups in total. The Bertz CT molecular complexity index is 966. The predicted octanol–water partition coefficient (Wildman–Crippen LogP) is 3.51. The topological polar surface area (TPSA) is 96.9 Å². The van der Waals surface area contributed by atoms with Crippen molar-refractivity contribution in [3.05, 3.63) is 54.0 Å². The zero-order valence-corrected chi connectivity index (χ0v) is 20.3. The zero-order valence-electron chi connectivity index (χ0n) is 20.3. The van der Waals surface area contributed by atoms with Crippen molar-refractivity contribution in [2.45, 2.75) is 45.6 Å².